The number of carbonyl (C=O) groups excluding carboxylic acids is 1. The maximum absolute atomic E-state index is 13.1. The predicted octanol–water partition coefficient (Wildman–Crippen LogP) is 8.31. The van der Waals surface area contributed by atoms with E-state index in [0.717, 1.165) is 27.4 Å². The number of carbonyl (C=O) groups is 1. The van der Waals surface area contributed by atoms with Crippen molar-refractivity contribution in [3.05, 3.63) is 129 Å². The number of aryl methyl sites for hydroxylation is 2. The number of sulfone groups is 1. The van der Waals surface area contributed by atoms with Crippen LogP contribution in [0.2, 0.25) is 5.02 Å². The Kier molecular flexibility index (Phi) is 9.40. The van der Waals surface area contributed by atoms with Crippen LogP contribution in [0.4, 0.5) is 5.69 Å². The number of hydrogen-bond acceptors (Lipinski definition) is 6. The molecule has 0 aliphatic heterocycles. The molecule has 6 nitrogen and oxygen atoms in total. The molecule has 0 fully saturated rings. The number of rotatable bonds is 10. The molecule has 1 amide bonds. The van der Waals surface area contributed by atoms with Crippen LogP contribution >= 0.6 is 22.9 Å². The number of thiazole rings is 1. The average Bonchev–Trinajstić information content (AvgIpc) is 3.47. The summed E-state index contributed by atoms with van der Waals surface area (Å²) in [4.78, 5) is 18.0. The molecule has 0 atom stereocenters. The number of amides is 1. The van der Waals surface area contributed by atoms with E-state index >= 15 is 0 Å². The number of nitrogens with one attached hydrogen (secondary N) is 1. The molecule has 0 spiro atoms. The quantitative estimate of drug-likeness (QED) is 0.152. The number of halogens is 1. The van der Waals surface area contributed by atoms with Crippen molar-refractivity contribution in [3.8, 4) is 17.0 Å². The van der Waals surface area contributed by atoms with Crippen molar-refractivity contribution in [2.45, 2.75) is 24.7 Å². The Morgan fingerprint density at radius 2 is 1.74 bits per heavy atom. The van der Waals surface area contributed by atoms with Gasteiger partial charge in [0.15, 0.2) is 9.84 Å². The first-order valence-corrected chi connectivity index (χ1v) is 16.5. The molecule has 218 valence electrons. The normalized spacial score (nSPS) is 11.6. The fourth-order valence-electron chi connectivity index (χ4n) is 4.43. The van der Waals surface area contributed by atoms with Gasteiger partial charge in [0.05, 0.1) is 22.0 Å². The van der Waals surface area contributed by atoms with Gasteiger partial charge in [-0.15, -0.1) is 11.3 Å². The molecule has 1 aromatic heterocycles. The standard InChI is InChI=1S/C34H29ClN2O4S2/c1-23-7-11-26(12-8-23)31-22-42-33(36-31)18-10-24-4-2-6-27(20-24)34(39)37-30-21-25(9-17-32(30)38)5-3-19-43(40,41)29-15-13-28(35)14-16-29/h2,4,6-18,20-22,38H,3,5,19H2,1H3,(H,37,39)/b18-10+. The lowest BCUT2D eigenvalue weighted by Crippen LogP contribution is -2.12. The van der Waals surface area contributed by atoms with Crippen LogP contribution in [-0.2, 0) is 16.3 Å². The number of nitrogens with zero attached hydrogens (tertiary/aromatic N) is 1. The fourth-order valence-corrected chi connectivity index (χ4v) is 6.59. The molecule has 0 aliphatic rings. The van der Waals surface area contributed by atoms with Gasteiger partial charge in [-0.1, -0.05) is 65.7 Å². The highest BCUT2D eigenvalue weighted by molar-refractivity contribution is 7.91. The minimum Gasteiger partial charge on any atom is -0.506 e. The molecule has 0 radical (unpaired) electrons. The van der Waals surface area contributed by atoms with E-state index in [0.29, 0.717) is 23.4 Å². The second-order valence-electron chi connectivity index (χ2n) is 10.1. The molecule has 43 heavy (non-hydrogen) atoms. The summed E-state index contributed by atoms with van der Waals surface area (Å²) in [5.41, 5.74) is 5.50. The molecule has 0 bridgehead atoms. The Labute approximate surface area is 260 Å². The third kappa shape index (κ3) is 7.99. The summed E-state index contributed by atoms with van der Waals surface area (Å²) < 4.78 is 25.3. The monoisotopic (exact) mass is 628 g/mol. The number of hydrogen-bond donors (Lipinski definition) is 2. The highest BCUT2D eigenvalue weighted by Gasteiger charge is 2.15. The highest BCUT2D eigenvalue weighted by Crippen LogP contribution is 2.27. The summed E-state index contributed by atoms with van der Waals surface area (Å²) >= 11 is 7.41. The molecule has 5 aromatic rings. The Morgan fingerprint density at radius 3 is 2.51 bits per heavy atom. The number of aromatic hydroxyl groups is 1. The first-order valence-electron chi connectivity index (χ1n) is 13.6. The Bertz CT molecular complexity index is 1880. The lowest BCUT2D eigenvalue weighted by Gasteiger charge is -2.11. The molecule has 5 rings (SSSR count). The van der Waals surface area contributed by atoms with Gasteiger partial charge in [0.2, 0.25) is 0 Å². The second kappa shape index (κ2) is 13.4. The molecule has 1 heterocycles. The Balaban J connectivity index is 1.21. The number of phenols is 1. The summed E-state index contributed by atoms with van der Waals surface area (Å²) in [6.07, 6.45) is 4.66. The van der Waals surface area contributed by atoms with E-state index in [4.69, 9.17) is 16.6 Å². The van der Waals surface area contributed by atoms with Crippen molar-refractivity contribution in [1.82, 2.24) is 4.98 Å². The minimum atomic E-state index is -3.45. The van der Waals surface area contributed by atoms with Gasteiger partial charge in [0.1, 0.15) is 10.8 Å². The van der Waals surface area contributed by atoms with Crippen molar-refractivity contribution in [2.75, 3.05) is 11.1 Å². The van der Waals surface area contributed by atoms with Crippen LogP contribution < -0.4 is 5.32 Å². The van der Waals surface area contributed by atoms with E-state index in [1.165, 1.54) is 23.8 Å². The minimum absolute atomic E-state index is 0.0359. The first kappa shape index (κ1) is 30.2. The lowest BCUT2D eigenvalue weighted by atomic mass is 10.1. The third-order valence-electron chi connectivity index (χ3n) is 6.80. The molecule has 2 N–H and O–H groups in total. The van der Waals surface area contributed by atoms with Crippen LogP contribution in [0.15, 0.2) is 101 Å². The van der Waals surface area contributed by atoms with E-state index in [-0.39, 0.29) is 28.0 Å². The van der Waals surface area contributed by atoms with Crippen LogP contribution in [0.1, 0.15) is 38.5 Å². The van der Waals surface area contributed by atoms with Crippen molar-refractivity contribution in [1.29, 1.82) is 0 Å². The number of phenolic OH excluding ortho intramolecular Hbond substituents is 1. The van der Waals surface area contributed by atoms with Crippen LogP contribution in [0, 0.1) is 6.92 Å². The van der Waals surface area contributed by atoms with E-state index < -0.39 is 9.84 Å². The zero-order chi connectivity index (χ0) is 30.4. The molecule has 0 saturated heterocycles. The molecular formula is C34H29ClN2O4S2. The summed E-state index contributed by atoms with van der Waals surface area (Å²) in [6.45, 7) is 2.05. The number of benzene rings is 4. The zero-order valence-electron chi connectivity index (χ0n) is 23.3. The topological polar surface area (TPSA) is 96.4 Å². The maximum atomic E-state index is 13.1. The molecule has 0 unspecified atom stereocenters. The van der Waals surface area contributed by atoms with E-state index in [1.54, 1.807) is 53.8 Å². The lowest BCUT2D eigenvalue weighted by molar-refractivity contribution is 0.102. The van der Waals surface area contributed by atoms with Crippen LogP contribution in [0.3, 0.4) is 0 Å². The highest BCUT2D eigenvalue weighted by atomic mass is 35.5. The molecule has 9 heteroatoms. The van der Waals surface area contributed by atoms with Gasteiger partial charge in [0.25, 0.3) is 5.91 Å². The number of aromatic nitrogens is 1. The molecule has 0 aliphatic carbocycles. The first-order chi connectivity index (χ1) is 20.7. The summed E-state index contributed by atoms with van der Waals surface area (Å²) in [5, 5.41) is 16.5. The van der Waals surface area contributed by atoms with Crippen molar-refractivity contribution in [2.24, 2.45) is 0 Å². The van der Waals surface area contributed by atoms with Crippen LogP contribution in [-0.4, -0.2) is 30.2 Å². The smallest absolute Gasteiger partial charge is 0.255 e. The second-order valence-corrected chi connectivity index (χ2v) is 13.5. The van der Waals surface area contributed by atoms with Gasteiger partial charge in [-0.3, -0.25) is 4.79 Å². The summed E-state index contributed by atoms with van der Waals surface area (Å²) in [5.74, 6) is -0.481. The molecule has 4 aromatic carbocycles. The van der Waals surface area contributed by atoms with Crippen LogP contribution in [0.25, 0.3) is 23.4 Å². The molecular weight excluding hydrogens is 600 g/mol. The summed E-state index contributed by atoms with van der Waals surface area (Å²) in [6, 6.07) is 26.4. The summed E-state index contributed by atoms with van der Waals surface area (Å²) in [7, 11) is -3.45. The van der Waals surface area contributed by atoms with E-state index in [2.05, 4.69) is 36.5 Å². The third-order valence-corrected chi connectivity index (χ3v) is 9.68. The Morgan fingerprint density at radius 1 is 0.977 bits per heavy atom. The van der Waals surface area contributed by atoms with Crippen molar-refractivity contribution < 1.29 is 18.3 Å². The number of anilines is 1. The van der Waals surface area contributed by atoms with Gasteiger partial charge < -0.3 is 10.4 Å². The van der Waals surface area contributed by atoms with Gasteiger partial charge in [-0.25, -0.2) is 13.4 Å². The van der Waals surface area contributed by atoms with Gasteiger partial charge in [0, 0.05) is 21.5 Å². The Hall–Kier alpha value is -4.24. The largest absolute Gasteiger partial charge is 0.506 e. The van der Waals surface area contributed by atoms with Gasteiger partial charge in [-0.2, -0.15) is 0 Å². The van der Waals surface area contributed by atoms with Crippen LogP contribution in [0.5, 0.6) is 5.75 Å². The predicted molar refractivity (Wildman–Crippen MR) is 176 cm³/mol. The average molecular weight is 629 g/mol. The maximum Gasteiger partial charge on any atom is 0.255 e. The SMILES string of the molecule is Cc1ccc(-c2csc(/C=C/c3cccc(C(=O)Nc4cc(CCCS(=O)(=O)c5ccc(Cl)cc5)ccc4O)c3)n2)cc1. The van der Waals surface area contributed by atoms with Gasteiger partial charge >= 0.3 is 0 Å². The van der Waals surface area contributed by atoms with Gasteiger partial charge in [-0.05, 0) is 85.5 Å². The molecule has 0 saturated carbocycles. The van der Waals surface area contributed by atoms with Crippen molar-refractivity contribution >= 4 is 56.5 Å². The van der Waals surface area contributed by atoms with E-state index in [9.17, 15) is 18.3 Å². The van der Waals surface area contributed by atoms with Crippen molar-refractivity contribution in [3.63, 3.8) is 0 Å². The van der Waals surface area contributed by atoms with E-state index in [1.807, 2.05) is 23.6 Å². The fraction of sp³-hybridized carbons (Fsp3) is 0.118. The zero-order valence-corrected chi connectivity index (χ0v) is 25.7.